The summed E-state index contributed by atoms with van der Waals surface area (Å²) in [5.41, 5.74) is 1.10. The van der Waals surface area contributed by atoms with Crippen LogP contribution < -0.4 is 5.32 Å². The molecule has 3 aromatic heterocycles. The van der Waals surface area contributed by atoms with Crippen LogP contribution in [0.4, 0.5) is 11.6 Å². The number of hydrogen-bond acceptors (Lipinski definition) is 5. The van der Waals surface area contributed by atoms with Crippen molar-refractivity contribution in [3.05, 3.63) is 29.0 Å². The summed E-state index contributed by atoms with van der Waals surface area (Å²) in [5.74, 6) is 1.63. The smallest absolute Gasteiger partial charge is 0.153 e. The molecule has 0 bridgehead atoms. The molecule has 98 valence electrons. The Bertz CT molecular complexity index is 708. The van der Waals surface area contributed by atoms with E-state index in [0.29, 0.717) is 0 Å². The zero-order valence-corrected chi connectivity index (χ0v) is 12.0. The van der Waals surface area contributed by atoms with E-state index in [1.165, 1.54) is 4.88 Å². The summed E-state index contributed by atoms with van der Waals surface area (Å²) in [4.78, 5) is 11.0. The Labute approximate surface area is 115 Å². The lowest BCUT2D eigenvalue weighted by Crippen LogP contribution is -1.97. The second-order valence-electron chi connectivity index (χ2n) is 4.43. The van der Waals surface area contributed by atoms with Crippen molar-refractivity contribution in [2.45, 2.75) is 20.3 Å². The molecule has 0 aromatic carbocycles. The van der Waals surface area contributed by atoms with Gasteiger partial charge in [-0.05, 0) is 19.4 Å². The number of thiophene rings is 1. The maximum atomic E-state index is 4.39. The average molecular weight is 273 g/mol. The lowest BCUT2D eigenvalue weighted by molar-refractivity contribution is 0.743. The monoisotopic (exact) mass is 273 g/mol. The van der Waals surface area contributed by atoms with Gasteiger partial charge in [0.2, 0.25) is 0 Å². The molecule has 0 atom stereocenters. The SMILES string of the molecule is CCc1cc2c(Nc3cc(C)n(C)n3)ncnc2s1. The predicted molar refractivity (Wildman–Crippen MR) is 78.0 cm³/mol. The second-order valence-corrected chi connectivity index (χ2v) is 5.54. The summed E-state index contributed by atoms with van der Waals surface area (Å²) in [6.07, 6.45) is 2.61. The van der Waals surface area contributed by atoms with E-state index in [4.69, 9.17) is 0 Å². The fourth-order valence-electron chi connectivity index (χ4n) is 1.92. The molecule has 0 radical (unpaired) electrons. The lowest BCUT2D eigenvalue weighted by Gasteiger charge is -2.02. The van der Waals surface area contributed by atoms with Crippen LogP contribution >= 0.6 is 11.3 Å². The van der Waals surface area contributed by atoms with Crippen molar-refractivity contribution in [3.8, 4) is 0 Å². The van der Waals surface area contributed by atoms with Crippen molar-refractivity contribution < 1.29 is 0 Å². The highest BCUT2D eigenvalue weighted by molar-refractivity contribution is 7.18. The Morgan fingerprint density at radius 2 is 2.16 bits per heavy atom. The van der Waals surface area contributed by atoms with E-state index < -0.39 is 0 Å². The van der Waals surface area contributed by atoms with Gasteiger partial charge in [-0.3, -0.25) is 4.68 Å². The molecule has 0 spiro atoms. The molecular weight excluding hydrogens is 258 g/mol. The van der Waals surface area contributed by atoms with Crippen LogP contribution in [0.25, 0.3) is 10.2 Å². The van der Waals surface area contributed by atoms with Gasteiger partial charge in [0, 0.05) is 23.7 Å². The van der Waals surface area contributed by atoms with Crippen LogP contribution in [0.5, 0.6) is 0 Å². The molecule has 0 saturated carbocycles. The third kappa shape index (κ3) is 2.19. The first-order valence-electron chi connectivity index (χ1n) is 6.18. The Hall–Kier alpha value is -1.95. The minimum absolute atomic E-state index is 0.809. The van der Waals surface area contributed by atoms with E-state index in [1.807, 2.05) is 24.7 Å². The summed E-state index contributed by atoms with van der Waals surface area (Å²) in [5, 5.41) is 8.72. The van der Waals surface area contributed by atoms with E-state index in [2.05, 4.69) is 33.4 Å². The topological polar surface area (TPSA) is 55.6 Å². The van der Waals surface area contributed by atoms with Crippen molar-refractivity contribution in [1.29, 1.82) is 0 Å². The maximum absolute atomic E-state index is 4.39. The van der Waals surface area contributed by atoms with Gasteiger partial charge < -0.3 is 5.32 Å². The Morgan fingerprint density at radius 1 is 1.32 bits per heavy atom. The first-order valence-corrected chi connectivity index (χ1v) is 7.00. The first kappa shape index (κ1) is 12.1. The number of rotatable bonds is 3. The van der Waals surface area contributed by atoms with E-state index in [0.717, 1.165) is 34.0 Å². The molecule has 0 aliphatic heterocycles. The van der Waals surface area contributed by atoms with Gasteiger partial charge in [-0.25, -0.2) is 9.97 Å². The molecule has 3 aromatic rings. The van der Waals surface area contributed by atoms with Crippen LogP contribution in [0.2, 0.25) is 0 Å². The lowest BCUT2D eigenvalue weighted by atomic mass is 10.3. The van der Waals surface area contributed by atoms with Gasteiger partial charge >= 0.3 is 0 Å². The standard InChI is InChI=1S/C13H15N5S/c1-4-9-6-10-12(14-7-15-13(10)19-9)16-11-5-8(2)18(3)17-11/h5-7H,4H2,1-3H3,(H,14,15,16,17). The molecule has 0 unspecified atom stereocenters. The van der Waals surface area contributed by atoms with Crippen molar-refractivity contribution in [1.82, 2.24) is 19.7 Å². The van der Waals surface area contributed by atoms with Gasteiger partial charge in [0.15, 0.2) is 5.82 Å². The molecule has 0 aliphatic rings. The third-order valence-corrected chi connectivity index (χ3v) is 4.28. The molecule has 1 N–H and O–H groups in total. The van der Waals surface area contributed by atoms with Crippen molar-refractivity contribution in [3.63, 3.8) is 0 Å². The molecule has 0 amide bonds. The first-order chi connectivity index (χ1) is 9.17. The zero-order chi connectivity index (χ0) is 13.4. The number of hydrogen-bond donors (Lipinski definition) is 1. The van der Waals surface area contributed by atoms with Crippen LogP contribution in [0.3, 0.4) is 0 Å². The highest BCUT2D eigenvalue weighted by Crippen LogP contribution is 2.29. The fraction of sp³-hybridized carbons (Fsp3) is 0.308. The van der Waals surface area contributed by atoms with Gasteiger partial charge in [-0.2, -0.15) is 5.10 Å². The number of nitrogens with one attached hydrogen (secondary N) is 1. The summed E-state index contributed by atoms with van der Waals surface area (Å²) in [6.45, 7) is 4.17. The van der Waals surface area contributed by atoms with Crippen LogP contribution in [0.15, 0.2) is 18.5 Å². The molecule has 0 fully saturated rings. The van der Waals surface area contributed by atoms with E-state index in [1.54, 1.807) is 17.7 Å². The molecular formula is C13H15N5S. The Morgan fingerprint density at radius 3 is 2.84 bits per heavy atom. The zero-order valence-electron chi connectivity index (χ0n) is 11.1. The van der Waals surface area contributed by atoms with Crippen molar-refractivity contribution >= 4 is 33.2 Å². The summed E-state index contributed by atoms with van der Waals surface area (Å²) in [7, 11) is 1.93. The molecule has 0 aliphatic carbocycles. The fourth-order valence-corrected chi connectivity index (χ4v) is 2.86. The van der Waals surface area contributed by atoms with E-state index in [-0.39, 0.29) is 0 Å². The summed E-state index contributed by atoms with van der Waals surface area (Å²) in [6, 6.07) is 4.15. The number of anilines is 2. The quantitative estimate of drug-likeness (QED) is 0.797. The minimum Gasteiger partial charge on any atom is -0.323 e. The average Bonchev–Trinajstić information content (AvgIpc) is 2.94. The minimum atomic E-state index is 0.809. The molecule has 19 heavy (non-hydrogen) atoms. The third-order valence-electron chi connectivity index (χ3n) is 3.09. The van der Waals surface area contributed by atoms with Crippen LogP contribution in [0, 0.1) is 6.92 Å². The molecule has 3 heterocycles. The number of nitrogens with zero attached hydrogens (tertiary/aromatic N) is 4. The van der Waals surface area contributed by atoms with E-state index >= 15 is 0 Å². The van der Waals surface area contributed by atoms with Gasteiger partial charge in [0.25, 0.3) is 0 Å². The van der Waals surface area contributed by atoms with Crippen LogP contribution in [-0.4, -0.2) is 19.7 Å². The summed E-state index contributed by atoms with van der Waals surface area (Å²) >= 11 is 1.71. The Balaban J connectivity index is 2.02. The van der Waals surface area contributed by atoms with Gasteiger partial charge in [-0.1, -0.05) is 6.92 Å². The number of fused-ring (bicyclic) bond motifs is 1. The molecule has 5 nitrogen and oxygen atoms in total. The molecule has 0 saturated heterocycles. The molecule has 6 heteroatoms. The van der Waals surface area contributed by atoms with Gasteiger partial charge in [0.1, 0.15) is 17.0 Å². The number of aromatic nitrogens is 4. The van der Waals surface area contributed by atoms with Crippen molar-refractivity contribution in [2.24, 2.45) is 7.05 Å². The second kappa shape index (κ2) is 4.62. The van der Waals surface area contributed by atoms with Gasteiger partial charge in [-0.15, -0.1) is 11.3 Å². The summed E-state index contributed by atoms with van der Waals surface area (Å²) < 4.78 is 1.84. The predicted octanol–water partition coefficient (Wildman–Crippen LogP) is 3.04. The number of aryl methyl sites for hydroxylation is 3. The normalized spacial score (nSPS) is 11.1. The largest absolute Gasteiger partial charge is 0.323 e. The van der Waals surface area contributed by atoms with Crippen molar-refractivity contribution in [2.75, 3.05) is 5.32 Å². The van der Waals surface area contributed by atoms with Crippen LogP contribution in [0.1, 0.15) is 17.5 Å². The highest BCUT2D eigenvalue weighted by Gasteiger charge is 2.09. The molecule has 3 rings (SSSR count). The highest BCUT2D eigenvalue weighted by atomic mass is 32.1. The van der Waals surface area contributed by atoms with Crippen LogP contribution in [-0.2, 0) is 13.5 Å². The van der Waals surface area contributed by atoms with Gasteiger partial charge in [0.05, 0.1) is 5.39 Å². The Kier molecular flexibility index (Phi) is 2.94. The van der Waals surface area contributed by atoms with E-state index in [9.17, 15) is 0 Å². The maximum Gasteiger partial charge on any atom is 0.153 e.